The van der Waals surface area contributed by atoms with Gasteiger partial charge >= 0.3 is 0 Å². The van der Waals surface area contributed by atoms with Crippen molar-refractivity contribution in [3.05, 3.63) is 41.6 Å². The molecule has 0 saturated carbocycles. The Morgan fingerprint density at radius 1 is 1.06 bits per heavy atom. The van der Waals surface area contributed by atoms with Gasteiger partial charge in [0, 0.05) is 10.9 Å². The molecule has 1 aliphatic heterocycles. The Labute approximate surface area is 93.6 Å². The lowest BCUT2D eigenvalue weighted by atomic mass is 9.92. The van der Waals surface area contributed by atoms with Crippen molar-refractivity contribution in [2.45, 2.75) is 19.3 Å². The number of H-pyrrole nitrogens is 1. The first-order chi connectivity index (χ1) is 7.95. The molecule has 1 heterocycles. The minimum atomic E-state index is 1.17. The second-order valence-corrected chi connectivity index (χ2v) is 4.52. The highest BCUT2D eigenvalue weighted by atomic mass is 15.1. The Balaban J connectivity index is 2.29. The van der Waals surface area contributed by atoms with E-state index in [0.717, 1.165) is 0 Å². The van der Waals surface area contributed by atoms with E-state index in [0.29, 0.717) is 0 Å². The molecule has 2 heteroatoms. The van der Waals surface area contributed by atoms with E-state index in [2.05, 4.69) is 34.5 Å². The van der Waals surface area contributed by atoms with E-state index in [4.69, 9.17) is 0 Å². The molecule has 2 nitrogen and oxygen atoms in total. The molecule has 3 aliphatic rings. The molecule has 78 valence electrons. The molecule has 4 rings (SSSR count). The van der Waals surface area contributed by atoms with Crippen molar-refractivity contribution in [2.24, 2.45) is 0 Å². The second-order valence-electron chi connectivity index (χ2n) is 4.52. The molecule has 0 bridgehead atoms. The average Bonchev–Trinajstić information content (AvgIpc) is 2.68. The fourth-order valence-corrected chi connectivity index (χ4v) is 3.00. The summed E-state index contributed by atoms with van der Waals surface area (Å²) >= 11 is 0. The standard InChI is InChI=1S/C14H12N2/c1-2-6-12-10(5-1)11-7-3-4-9-8-15-16-14(12)13(9)11/h1-2,5-6,8,16H,3-4,7H2. The summed E-state index contributed by atoms with van der Waals surface area (Å²) in [6.07, 6.45) is 5.61. The summed E-state index contributed by atoms with van der Waals surface area (Å²) in [5, 5.41) is 10.2. The number of hydrogen-bond acceptors (Lipinski definition) is 1. The lowest BCUT2D eigenvalue weighted by molar-refractivity contribution is 0.790. The van der Waals surface area contributed by atoms with Crippen molar-refractivity contribution in [1.29, 1.82) is 0 Å². The highest BCUT2D eigenvalue weighted by molar-refractivity contribution is 6.05. The number of aromatic nitrogens is 2. The van der Waals surface area contributed by atoms with E-state index >= 15 is 0 Å². The Morgan fingerprint density at radius 2 is 1.94 bits per heavy atom. The van der Waals surface area contributed by atoms with Crippen LogP contribution in [-0.4, -0.2) is 10.2 Å². The predicted molar refractivity (Wildman–Crippen MR) is 64.7 cm³/mol. The zero-order valence-electron chi connectivity index (χ0n) is 8.96. The van der Waals surface area contributed by atoms with Crippen molar-refractivity contribution in [2.75, 3.05) is 0 Å². The summed E-state index contributed by atoms with van der Waals surface area (Å²) in [7, 11) is 0. The van der Waals surface area contributed by atoms with Crippen LogP contribution in [0.2, 0.25) is 0 Å². The molecule has 16 heavy (non-hydrogen) atoms. The van der Waals surface area contributed by atoms with Crippen LogP contribution in [0.1, 0.15) is 17.5 Å². The summed E-state index contributed by atoms with van der Waals surface area (Å²) in [4.78, 5) is 0. The van der Waals surface area contributed by atoms with Gasteiger partial charge in [-0.3, -0.25) is 5.10 Å². The van der Waals surface area contributed by atoms with Gasteiger partial charge in [-0.15, -0.1) is 0 Å². The highest BCUT2D eigenvalue weighted by Crippen LogP contribution is 2.42. The Morgan fingerprint density at radius 3 is 2.88 bits per heavy atom. The van der Waals surface area contributed by atoms with Crippen LogP contribution >= 0.6 is 0 Å². The molecule has 1 N–H and O–H groups in total. The molecule has 0 aromatic heterocycles. The Kier molecular flexibility index (Phi) is 1.48. The van der Waals surface area contributed by atoms with E-state index in [1.807, 2.05) is 6.20 Å². The van der Waals surface area contributed by atoms with Gasteiger partial charge in [-0.05, 0) is 35.8 Å². The summed E-state index contributed by atoms with van der Waals surface area (Å²) in [6, 6.07) is 8.64. The third kappa shape index (κ3) is 0.896. The molecule has 0 atom stereocenters. The zero-order valence-corrected chi connectivity index (χ0v) is 8.96. The number of aromatic amines is 1. The molecule has 0 amide bonds. The van der Waals surface area contributed by atoms with Crippen molar-refractivity contribution >= 4 is 10.8 Å². The fraction of sp³-hybridized carbons (Fsp3) is 0.214. The molecule has 0 fully saturated rings. The molecular weight excluding hydrogens is 196 g/mol. The molecule has 0 saturated heterocycles. The number of nitrogens with one attached hydrogen (secondary N) is 1. The zero-order chi connectivity index (χ0) is 10.5. The van der Waals surface area contributed by atoms with Gasteiger partial charge in [-0.1, -0.05) is 24.3 Å². The van der Waals surface area contributed by atoms with Crippen LogP contribution in [0.3, 0.4) is 0 Å². The van der Waals surface area contributed by atoms with Crippen molar-refractivity contribution in [1.82, 2.24) is 10.2 Å². The van der Waals surface area contributed by atoms with Crippen LogP contribution in [0.25, 0.3) is 22.0 Å². The maximum atomic E-state index is 4.26. The summed E-state index contributed by atoms with van der Waals surface area (Å²) in [5.41, 5.74) is 5.59. The largest absolute Gasteiger partial charge is 0.277 e. The van der Waals surface area contributed by atoms with Gasteiger partial charge in [0.05, 0.1) is 11.9 Å². The normalized spacial score (nSPS) is 14.8. The van der Waals surface area contributed by atoms with Gasteiger partial charge in [0.1, 0.15) is 0 Å². The SMILES string of the molecule is c1ccc2c3c4c(cn[nH]c-4c2c1)CCC3. The third-order valence-corrected chi connectivity index (χ3v) is 3.66. The van der Waals surface area contributed by atoms with Gasteiger partial charge < -0.3 is 0 Å². The van der Waals surface area contributed by atoms with Crippen LogP contribution in [0.15, 0.2) is 30.5 Å². The lowest BCUT2D eigenvalue weighted by Crippen LogP contribution is -2.03. The summed E-state index contributed by atoms with van der Waals surface area (Å²) in [5.74, 6) is 0. The first kappa shape index (κ1) is 8.34. The summed E-state index contributed by atoms with van der Waals surface area (Å²) < 4.78 is 0. The Hall–Kier alpha value is -1.83. The third-order valence-electron chi connectivity index (χ3n) is 3.66. The van der Waals surface area contributed by atoms with Gasteiger partial charge in [-0.2, -0.15) is 5.10 Å². The Bertz CT molecular complexity index is 651. The molecule has 0 spiro atoms. The van der Waals surface area contributed by atoms with Gasteiger partial charge in [0.15, 0.2) is 0 Å². The predicted octanol–water partition coefficient (Wildman–Crippen LogP) is 3.16. The van der Waals surface area contributed by atoms with Crippen molar-refractivity contribution in [3.8, 4) is 11.3 Å². The van der Waals surface area contributed by atoms with Crippen LogP contribution in [0.4, 0.5) is 0 Å². The maximum absolute atomic E-state index is 4.26. The monoisotopic (exact) mass is 208 g/mol. The number of fused-ring (bicyclic) bond motifs is 3. The number of hydrogen-bond donors (Lipinski definition) is 1. The van der Waals surface area contributed by atoms with Crippen molar-refractivity contribution in [3.63, 3.8) is 0 Å². The van der Waals surface area contributed by atoms with E-state index in [1.54, 1.807) is 0 Å². The number of benzene rings is 1. The second kappa shape index (κ2) is 2.85. The number of nitrogens with zero attached hydrogens (tertiary/aromatic N) is 1. The van der Waals surface area contributed by atoms with E-state index in [9.17, 15) is 0 Å². The molecular formula is C14H12N2. The topological polar surface area (TPSA) is 28.7 Å². The molecule has 0 radical (unpaired) electrons. The molecule has 1 aromatic carbocycles. The van der Waals surface area contributed by atoms with Gasteiger partial charge in [0.2, 0.25) is 0 Å². The molecule has 2 aliphatic carbocycles. The molecule has 1 aromatic rings. The van der Waals surface area contributed by atoms with Crippen LogP contribution in [0.5, 0.6) is 0 Å². The minimum absolute atomic E-state index is 1.17. The molecule has 0 unspecified atom stereocenters. The van der Waals surface area contributed by atoms with Crippen LogP contribution in [-0.2, 0) is 12.8 Å². The first-order valence-electron chi connectivity index (χ1n) is 5.80. The van der Waals surface area contributed by atoms with Crippen LogP contribution < -0.4 is 0 Å². The first-order valence-corrected chi connectivity index (χ1v) is 5.80. The number of rotatable bonds is 0. The van der Waals surface area contributed by atoms with E-state index < -0.39 is 0 Å². The minimum Gasteiger partial charge on any atom is -0.277 e. The number of aryl methyl sites for hydroxylation is 2. The van der Waals surface area contributed by atoms with Gasteiger partial charge in [0.25, 0.3) is 0 Å². The lowest BCUT2D eigenvalue weighted by Gasteiger charge is -2.15. The smallest absolute Gasteiger partial charge is 0.0718 e. The summed E-state index contributed by atoms with van der Waals surface area (Å²) in [6.45, 7) is 0. The van der Waals surface area contributed by atoms with Gasteiger partial charge in [-0.25, -0.2) is 0 Å². The van der Waals surface area contributed by atoms with E-state index in [1.165, 1.54) is 52.4 Å². The fourth-order valence-electron chi connectivity index (χ4n) is 3.00. The van der Waals surface area contributed by atoms with E-state index in [-0.39, 0.29) is 0 Å². The average molecular weight is 208 g/mol. The highest BCUT2D eigenvalue weighted by Gasteiger charge is 2.23. The maximum Gasteiger partial charge on any atom is 0.0718 e. The van der Waals surface area contributed by atoms with Crippen molar-refractivity contribution < 1.29 is 0 Å². The quantitative estimate of drug-likeness (QED) is 0.604. The van der Waals surface area contributed by atoms with Crippen LogP contribution in [0, 0.1) is 0 Å².